The first-order chi connectivity index (χ1) is 13.1. The second-order valence-corrected chi connectivity index (χ2v) is 7.44. The fourth-order valence-corrected chi connectivity index (χ4v) is 2.55. The first-order valence-corrected chi connectivity index (χ1v) is 8.60. The molecule has 2 heterocycles. The number of carbonyl (C=O) groups excluding carboxylic acids is 1. The molecule has 146 valence electrons. The maximum absolute atomic E-state index is 14.4. The first-order valence-electron chi connectivity index (χ1n) is 8.60. The van der Waals surface area contributed by atoms with E-state index in [4.69, 9.17) is 10.3 Å². The van der Waals surface area contributed by atoms with Crippen LogP contribution >= 0.6 is 0 Å². The highest BCUT2D eigenvalue weighted by Crippen LogP contribution is 2.26. The van der Waals surface area contributed by atoms with E-state index < -0.39 is 24.0 Å². The highest BCUT2D eigenvalue weighted by molar-refractivity contribution is 5.91. The lowest BCUT2D eigenvalue weighted by Gasteiger charge is -2.12. The number of anilines is 2. The Kier molecular flexibility index (Phi) is 5.13. The third kappa shape index (κ3) is 4.33. The number of carbonyl (C=O) groups is 1. The molecule has 0 unspecified atom stereocenters. The Morgan fingerprint density at radius 2 is 1.82 bits per heavy atom. The summed E-state index contributed by atoms with van der Waals surface area (Å²) >= 11 is 0. The topological polar surface area (TPSA) is 94.0 Å². The molecule has 0 aliphatic carbocycles. The average Bonchev–Trinajstić information content (AvgIpc) is 3.07. The summed E-state index contributed by atoms with van der Waals surface area (Å²) in [5.41, 5.74) is 5.73. The number of amides is 1. The molecule has 0 saturated heterocycles. The molecule has 1 amide bonds. The zero-order chi connectivity index (χ0) is 20.5. The number of hydrogen-bond acceptors (Lipinski definition) is 5. The summed E-state index contributed by atoms with van der Waals surface area (Å²) in [6.07, 6.45) is 0.947. The molecule has 8 heteroatoms. The van der Waals surface area contributed by atoms with E-state index in [-0.39, 0.29) is 16.8 Å². The summed E-state index contributed by atoms with van der Waals surface area (Å²) < 4.78 is 34.0. The van der Waals surface area contributed by atoms with Crippen LogP contribution in [0, 0.1) is 11.6 Å². The van der Waals surface area contributed by atoms with Gasteiger partial charge in [0.1, 0.15) is 23.2 Å². The lowest BCUT2D eigenvalue weighted by Crippen LogP contribution is -2.16. The number of pyridine rings is 1. The number of hydrogen-bond donors (Lipinski definition) is 2. The van der Waals surface area contributed by atoms with Crippen molar-refractivity contribution in [3.8, 4) is 11.1 Å². The molecule has 3 N–H and O–H groups in total. The summed E-state index contributed by atoms with van der Waals surface area (Å²) in [4.78, 5) is 16.1. The van der Waals surface area contributed by atoms with E-state index >= 15 is 0 Å². The summed E-state index contributed by atoms with van der Waals surface area (Å²) in [5.74, 6) is -1.16. The van der Waals surface area contributed by atoms with E-state index in [1.165, 1.54) is 12.3 Å². The van der Waals surface area contributed by atoms with Crippen LogP contribution in [0.15, 0.2) is 41.1 Å². The number of nitrogens with two attached hydrogens (primary N) is 1. The smallest absolute Gasteiger partial charge is 0.230 e. The van der Waals surface area contributed by atoms with Crippen LogP contribution in [0.1, 0.15) is 32.1 Å². The fraction of sp³-hybridized carbons (Fsp3) is 0.250. The van der Waals surface area contributed by atoms with Crippen LogP contribution in [0.3, 0.4) is 0 Å². The molecular formula is C20H20F2N4O2. The molecular weight excluding hydrogens is 366 g/mol. The first kappa shape index (κ1) is 19.5. The molecule has 0 atom stereocenters. The normalized spacial score (nSPS) is 11.5. The SMILES string of the molecule is CC(C)(C)c1cc(NC(=O)Cc2c(F)cc(-c3ccc(N)nc3)cc2F)no1. The maximum atomic E-state index is 14.4. The Hall–Kier alpha value is -3.29. The van der Waals surface area contributed by atoms with Gasteiger partial charge in [0.25, 0.3) is 0 Å². The van der Waals surface area contributed by atoms with Crippen LogP contribution in [0.25, 0.3) is 11.1 Å². The second-order valence-electron chi connectivity index (χ2n) is 7.44. The number of aromatic nitrogens is 2. The Morgan fingerprint density at radius 1 is 1.14 bits per heavy atom. The highest BCUT2D eigenvalue weighted by atomic mass is 19.1. The Labute approximate surface area is 160 Å². The van der Waals surface area contributed by atoms with Gasteiger partial charge >= 0.3 is 0 Å². The third-order valence-corrected chi connectivity index (χ3v) is 4.11. The van der Waals surface area contributed by atoms with Gasteiger partial charge in [-0.1, -0.05) is 25.9 Å². The number of nitrogens with zero attached hydrogens (tertiary/aromatic N) is 2. The highest BCUT2D eigenvalue weighted by Gasteiger charge is 2.21. The van der Waals surface area contributed by atoms with Crippen molar-refractivity contribution in [2.45, 2.75) is 32.6 Å². The molecule has 0 saturated carbocycles. The largest absolute Gasteiger partial charge is 0.384 e. The number of nitrogen functional groups attached to an aromatic ring is 1. The molecule has 0 spiro atoms. The molecule has 0 fully saturated rings. The molecule has 28 heavy (non-hydrogen) atoms. The molecule has 0 bridgehead atoms. The quantitative estimate of drug-likeness (QED) is 0.705. The standard InChI is InChI=1S/C20H20F2N4O2/c1-20(2,3)16-9-18(26-28-16)25-19(27)8-13-14(21)6-12(7-15(13)22)11-4-5-17(23)24-10-11/h4-7,9-10H,8H2,1-3H3,(H2,23,24)(H,25,26,27). The van der Waals surface area contributed by atoms with Crippen molar-refractivity contribution in [2.75, 3.05) is 11.1 Å². The van der Waals surface area contributed by atoms with Crippen molar-refractivity contribution < 1.29 is 18.1 Å². The van der Waals surface area contributed by atoms with Crippen LogP contribution < -0.4 is 11.1 Å². The van der Waals surface area contributed by atoms with Crippen LogP contribution in [0.4, 0.5) is 20.4 Å². The van der Waals surface area contributed by atoms with Gasteiger partial charge in [0.2, 0.25) is 5.91 Å². The number of nitrogens with one attached hydrogen (secondary N) is 1. The number of benzene rings is 1. The minimum absolute atomic E-state index is 0.195. The van der Waals surface area contributed by atoms with Crippen LogP contribution in [0.5, 0.6) is 0 Å². The molecule has 0 aliphatic rings. The Balaban J connectivity index is 1.76. The number of halogens is 2. The number of rotatable bonds is 4. The van der Waals surface area contributed by atoms with Gasteiger partial charge in [-0.05, 0) is 29.8 Å². The zero-order valence-corrected chi connectivity index (χ0v) is 15.7. The summed E-state index contributed by atoms with van der Waals surface area (Å²) in [6.45, 7) is 5.80. The van der Waals surface area contributed by atoms with Crippen LogP contribution in [-0.4, -0.2) is 16.0 Å². The van der Waals surface area contributed by atoms with Gasteiger partial charge in [0, 0.05) is 28.8 Å². The summed E-state index contributed by atoms with van der Waals surface area (Å²) in [7, 11) is 0. The van der Waals surface area contributed by atoms with Gasteiger partial charge in [0.15, 0.2) is 5.82 Å². The molecule has 3 aromatic rings. The molecule has 0 radical (unpaired) electrons. The van der Waals surface area contributed by atoms with E-state index in [1.807, 2.05) is 20.8 Å². The third-order valence-electron chi connectivity index (χ3n) is 4.11. The lowest BCUT2D eigenvalue weighted by molar-refractivity contribution is -0.115. The van der Waals surface area contributed by atoms with E-state index in [9.17, 15) is 13.6 Å². The monoisotopic (exact) mass is 386 g/mol. The molecule has 1 aromatic carbocycles. The van der Waals surface area contributed by atoms with Gasteiger partial charge < -0.3 is 15.6 Å². The van der Waals surface area contributed by atoms with Crippen molar-refractivity contribution >= 4 is 17.5 Å². The van der Waals surface area contributed by atoms with E-state index in [0.717, 1.165) is 12.1 Å². The molecule has 6 nitrogen and oxygen atoms in total. The van der Waals surface area contributed by atoms with Crippen molar-refractivity contribution in [2.24, 2.45) is 0 Å². The van der Waals surface area contributed by atoms with Crippen LogP contribution in [0.2, 0.25) is 0 Å². The Bertz CT molecular complexity index is 985. The maximum Gasteiger partial charge on any atom is 0.230 e. The summed E-state index contributed by atoms with van der Waals surface area (Å²) in [5, 5.41) is 6.25. The van der Waals surface area contributed by atoms with E-state index in [1.54, 1.807) is 12.1 Å². The van der Waals surface area contributed by atoms with Gasteiger partial charge in [0.05, 0.1) is 6.42 Å². The second kappa shape index (κ2) is 7.38. The van der Waals surface area contributed by atoms with Crippen molar-refractivity contribution in [3.63, 3.8) is 0 Å². The van der Waals surface area contributed by atoms with E-state index in [2.05, 4.69) is 15.5 Å². The minimum atomic E-state index is -0.822. The Morgan fingerprint density at radius 3 is 2.36 bits per heavy atom. The average molecular weight is 386 g/mol. The molecule has 0 aliphatic heterocycles. The fourth-order valence-electron chi connectivity index (χ4n) is 2.55. The predicted octanol–water partition coefficient (Wildman–Crippen LogP) is 4.08. The van der Waals surface area contributed by atoms with Gasteiger partial charge in [-0.3, -0.25) is 4.79 Å². The van der Waals surface area contributed by atoms with Crippen molar-refractivity contribution in [3.05, 3.63) is 59.5 Å². The summed E-state index contributed by atoms with van der Waals surface area (Å²) in [6, 6.07) is 7.05. The van der Waals surface area contributed by atoms with Crippen LogP contribution in [-0.2, 0) is 16.6 Å². The molecule has 2 aromatic heterocycles. The predicted molar refractivity (Wildman–Crippen MR) is 102 cm³/mol. The van der Waals surface area contributed by atoms with Crippen molar-refractivity contribution in [1.82, 2.24) is 10.1 Å². The lowest BCUT2D eigenvalue weighted by atomic mass is 9.93. The molecule has 3 rings (SSSR count). The van der Waals surface area contributed by atoms with Crippen molar-refractivity contribution in [1.29, 1.82) is 0 Å². The van der Waals surface area contributed by atoms with Gasteiger partial charge in [-0.25, -0.2) is 13.8 Å². The zero-order valence-electron chi connectivity index (χ0n) is 15.7. The minimum Gasteiger partial charge on any atom is -0.384 e. The van der Waals surface area contributed by atoms with Gasteiger partial charge in [-0.2, -0.15) is 0 Å². The van der Waals surface area contributed by atoms with E-state index in [0.29, 0.717) is 22.7 Å². The van der Waals surface area contributed by atoms with Gasteiger partial charge in [-0.15, -0.1) is 0 Å².